The molecule has 5 rings (SSSR count). The smallest absolute Gasteiger partial charge is 0.0717 e. The Kier molecular flexibility index (Phi) is 6.48. The van der Waals surface area contributed by atoms with Crippen molar-refractivity contribution in [2.24, 2.45) is 23.7 Å². The molecule has 2 aliphatic carbocycles. The normalized spacial score (nSPS) is 26.9. The zero-order valence-corrected chi connectivity index (χ0v) is 18.1. The van der Waals surface area contributed by atoms with Gasteiger partial charge < -0.3 is 9.47 Å². The summed E-state index contributed by atoms with van der Waals surface area (Å²) in [6, 6.07) is 32.2. The van der Waals surface area contributed by atoms with Crippen molar-refractivity contribution in [3.05, 3.63) is 108 Å². The van der Waals surface area contributed by atoms with Gasteiger partial charge >= 0.3 is 0 Å². The number of ether oxygens (including phenoxy) is 2. The molecule has 2 saturated carbocycles. The summed E-state index contributed by atoms with van der Waals surface area (Å²) in [4.78, 5) is 0. The standard InChI is InChI=1S/C29H32O2/c1-4-10-22(11-5-1)18-30-20-28-25-16-26(24-14-8-3-9-15-24)27(17-25)29(28)21-31-19-23-12-6-2-7-13-23/h1-15,25-29H,16-21H2/t25-,26+,27-,28-,29+/m0/s1. The third-order valence-corrected chi connectivity index (χ3v) is 7.43. The molecule has 0 radical (unpaired) electrons. The topological polar surface area (TPSA) is 18.5 Å². The first-order chi connectivity index (χ1) is 15.4. The molecule has 0 spiro atoms. The lowest BCUT2D eigenvalue weighted by atomic mass is 9.72. The molecule has 2 bridgehead atoms. The Bertz CT molecular complexity index is 925. The molecule has 0 amide bonds. The predicted molar refractivity (Wildman–Crippen MR) is 125 cm³/mol. The van der Waals surface area contributed by atoms with Crippen molar-refractivity contribution < 1.29 is 9.47 Å². The van der Waals surface area contributed by atoms with E-state index < -0.39 is 0 Å². The molecule has 2 heteroatoms. The second-order valence-corrected chi connectivity index (χ2v) is 9.24. The van der Waals surface area contributed by atoms with Gasteiger partial charge in [-0.15, -0.1) is 0 Å². The van der Waals surface area contributed by atoms with Crippen molar-refractivity contribution >= 4 is 0 Å². The lowest BCUT2D eigenvalue weighted by molar-refractivity contribution is -0.00441. The Morgan fingerprint density at radius 3 is 1.68 bits per heavy atom. The van der Waals surface area contributed by atoms with Crippen LogP contribution in [0.15, 0.2) is 91.0 Å². The van der Waals surface area contributed by atoms with E-state index >= 15 is 0 Å². The zero-order valence-electron chi connectivity index (χ0n) is 18.1. The second-order valence-electron chi connectivity index (χ2n) is 9.24. The molecule has 3 aromatic rings. The van der Waals surface area contributed by atoms with E-state index in [1.54, 1.807) is 0 Å². The summed E-state index contributed by atoms with van der Waals surface area (Å²) < 4.78 is 12.5. The summed E-state index contributed by atoms with van der Waals surface area (Å²) in [6.07, 6.45) is 2.61. The fourth-order valence-corrected chi connectivity index (χ4v) is 5.97. The van der Waals surface area contributed by atoms with Gasteiger partial charge in [0.2, 0.25) is 0 Å². The number of hydrogen-bond donors (Lipinski definition) is 0. The van der Waals surface area contributed by atoms with Crippen LogP contribution in [0.2, 0.25) is 0 Å². The van der Waals surface area contributed by atoms with Gasteiger partial charge in [0.05, 0.1) is 26.4 Å². The molecular formula is C29H32O2. The first-order valence-electron chi connectivity index (χ1n) is 11.7. The maximum atomic E-state index is 6.28. The average molecular weight is 413 g/mol. The van der Waals surface area contributed by atoms with E-state index in [-0.39, 0.29) is 0 Å². The maximum absolute atomic E-state index is 6.28. The summed E-state index contributed by atoms with van der Waals surface area (Å²) in [7, 11) is 0. The van der Waals surface area contributed by atoms with Crippen LogP contribution < -0.4 is 0 Å². The number of hydrogen-bond acceptors (Lipinski definition) is 2. The quantitative estimate of drug-likeness (QED) is 0.401. The van der Waals surface area contributed by atoms with Gasteiger partial charge in [-0.2, -0.15) is 0 Å². The molecule has 2 aliphatic rings. The van der Waals surface area contributed by atoms with E-state index in [2.05, 4.69) is 91.0 Å². The highest BCUT2D eigenvalue weighted by atomic mass is 16.5. The molecular weight excluding hydrogens is 380 g/mol. The summed E-state index contributed by atoms with van der Waals surface area (Å²) in [5.74, 6) is 3.29. The van der Waals surface area contributed by atoms with Crippen LogP contribution in [0.5, 0.6) is 0 Å². The molecule has 0 aromatic heterocycles. The largest absolute Gasteiger partial charge is 0.376 e. The summed E-state index contributed by atoms with van der Waals surface area (Å²) in [5.41, 5.74) is 4.01. The third-order valence-electron chi connectivity index (χ3n) is 7.43. The van der Waals surface area contributed by atoms with E-state index in [4.69, 9.17) is 9.47 Å². The predicted octanol–water partition coefficient (Wildman–Crippen LogP) is 6.48. The van der Waals surface area contributed by atoms with E-state index in [0.717, 1.165) is 19.1 Å². The molecule has 160 valence electrons. The van der Waals surface area contributed by atoms with Crippen LogP contribution >= 0.6 is 0 Å². The third kappa shape index (κ3) is 4.76. The molecule has 0 saturated heterocycles. The van der Waals surface area contributed by atoms with Crippen LogP contribution in [0.4, 0.5) is 0 Å². The molecule has 3 aromatic carbocycles. The Hall–Kier alpha value is -2.42. The minimum atomic E-state index is 0.573. The Morgan fingerprint density at radius 1 is 0.581 bits per heavy atom. The highest BCUT2D eigenvalue weighted by Crippen LogP contribution is 2.58. The number of fused-ring (bicyclic) bond motifs is 2. The molecule has 2 nitrogen and oxygen atoms in total. The van der Waals surface area contributed by atoms with Crippen molar-refractivity contribution in [1.82, 2.24) is 0 Å². The molecule has 5 atom stereocenters. The van der Waals surface area contributed by atoms with Gasteiger partial charge in [0.15, 0.2) is 0 Å². The molecule has 0 aliphatic heterocycles. The molecule has 31 heavy (non-hydrogen) atoms. The van der Waals surface area contributed by atoms with E-state index in [0.29, 0.717) is 36.9 Å². The monoisotopic (exact) mass is 412 g/mol. The Morgan fingerprint density at radius 2 is 1.10 bits per heavy atom. The van der Waals surface area contributed by atoms with Crippen molar-refractivity contribution in [3.63, 3.8) is 0 Å². The maximum Gasteiger partial charge on any atom is 0.0717 e. The van der Waals surface area contributed by atoms with E-state index in [9.17, 15) is 0 Å². The lowest BCUT2D eigenvalue weighted by Gasteiger charge is -2.36. The highest BCUT2D eigenvalue weighted by molar-refractivity contribution is 5.24. The van der Waals surface area contributed by atoms with Crippen molar-refractivity contribution in [1.29, 1.82) is 0 Å². The van der Waals surface area contributed by atoms with Crippen LogP contribution in [0, 0.1) is 23.7 Å². The van der Waals surface area contributed by atoms with Crippen LogP contribution in [-0.2, 0) is 22.7 Å². The lowest BCUT2D eigenvalue weighted by Crippen LogP contribution is -2.33. The molecule has 2 fully saturated rings. The Labute approximate surface area is 186 Å². The van der Waals surface area contributed by atoms with Gasteiger partial charge in [-0.3, -0.25) is 0 Å². The Balaban J connectivity index is 1.24. The van der Waals surface area contributed by atoms with Crippen LogP contribution in [-0.4, -0.2) is 13.2 Å². The average Bonchev–Trinajstić information content (AvgIpc) is 3.40. The van der Waals surface area contributed by atoms with Gasteiger partial charge in [-0.05, 0) is 59.1 Å². The fraction of sp³-hybridized carbons (Fsp3) is 0.379. The van der Waals surface area contributed by atoms with Crippen molar-refractivity contribution in [2.45, 2.75) is 32.0 Å². The minimum absolute atomic E-state index is 0.573. The van der Waals surface area contributed by atoms with Gasteiger partial charge in [-0.1, -0.05) is 91.0 Å². The van der Waals surface area contributed by atoms with Gasteiger partial charge in [0.25, 0.3) is 0 Å². The van der Waals surface area contributed by atoms with Gasteiger partial charge in [-0.25, -0.2) is 0 Å². The number of benzene rings is 3. The summed E-state index contributed by atoms with van der Waals surface area (Å²) in [6.45, 7) is 3.08. The highest BCUT2D eigenvalue weighted by Gasteiger charge is 2.52. The number of rotatable bonds is 9. The van der Waals surface area contributed by atoms with Crippen LogP contribution in [0.25, 0.3) is 0 Å². The van der Waals surface area contributed by atoms with E-state index in [1.807, 2.05) is 0 Å². The summed E-state index contributed by atoms with van der Waals surface area (Å²) in [5, 5.41) is 0. The summed E-state index contributed by atoms with van der Waals surface area (Å²) >= 11 is 0. The first-order valence-corrected chi connectivity index (χ1v) is 11.7. The van der Waals surface area contributed by atoms with Crippen LogP contribution in [0.3, 0.4) is 0 Å². The molecule has 0 unspecified atom stereocenters. The van der Waals surface area contributed by atoms with Crippen LogP contribution in [0.1, 0.15) is 35.4 Å². The zero-order chi connectivity index (χ0) is 20.9. The van der Waals surface area contributed by atoms with Gasteiger partial charge in [0, 0.05) is 0 Å². The van der Waals surface area contributed by atoms with Crippen molar-refractivity contribution in [3.8, 4) is 0 Å². The van der Waals surface area contributed by atoms with E-state index in [1.165, 1.54) is 29.5 Å². The molecule has 0 heterocycles. The van der Waals surface area contributed by atoms with Crippen molar-refractivity contribution in [2.75, 3.05) is 13.2 Å². The SMILES string of the molecule is c1ccc(COC[C@@H]2[C@H]3C[C@H](C[C@@H]3c3ccccc3)[C@@H]2COCc2ccccc2)cc1. The minimum Gasteiger partial charge on any atom is -0.376 e. The first kappa shape index (κ1) is 20.5. The second kappa shape index (κ2) is 9.80. The molecule has 0 N–H and O–H groups in total. The fourth-order valence-electron chi connectivity index (χ4n) is 5.97. The van der Waals surface area contributed by atoms with Gasteiger partial charge in [0.1, 0.15) is 0 Å².